The highest BCUT2D eigenvalue weighted by Crippen LogP contribution is 2.33. The van der Waals surface area contributed by atoms with Gasteiger partial charge in [-0.25, -0.2) is 9.38 Å². The van der Waals surface area contributed by atoms with Crippen LogP contribution in [0.25, 0.3) is 6.08 Å². The van der Waals surface area contributed by atoms with E-state index in [1.165, 1.54) is 6.07 Å². The van der Waals surface area contributed by atoms with Crippen LogP contribution in [0.4, 0.5) is 10.1 Å². The summed E-state index contributed by atoms with van der Waals surface area (Å²) in [5, 5.41) is 3.64. The molecular weight excluding hydrogens is 451 g/mol. The molecule has 4 rings (SSSR count). The average molecular weight is 469 g/mol. The third-order valence-electron chi connectivity index (χ3n) is 4.52. The maximum Gasteiger partial charge on any atom is 0.264 e. The quantitative estimate of drug-likeness (QED) is 0.453. The number of benzene rings is 3. The standard InChI is InChI=1S/C24H18ClFN2O3S/c1-30-21-12-16(8-11-20(21)31-14-15-6-9-17(25)10-7-15)13-22-23(29)28-24(32-22)27-19-5-3-2-4-18(19)26/h2-13H,14H2,1H3,(H,27,28,29). The molecule has 0 spiro atoms. The van der Waals surface area contributed by atoms with Crippen molar-refractivity contribution in [2.45, 2.75) is 6.61 Å². The highest BCUT2D eigenvalue weighted by molar-refractivity contribution is 8.18. The molecule has 8 heteroatoms. The first kappa shape index (κ1) is 21.9. The van der Waals surface area contributed by atoms with E-state index in [1.807, 2.05) is 18.2 Å². The number of hydrogen-bond donors (Lipinski definition) is 1. The van der Waals surface area contributed by atoms with Crippen molar-refractivity contribution in [1.82, 2.24) is 5.32 Å². The number of carbonyl (C=O) groups is 1. The third-order valence-corrected chi connectivity index (χ3v) is 5.68. The first-order valence-corrected chi connectivity index (χ1v) is 10.8. The molecule has 1 heterocycles. The summed E-state index contributed by atoms with van der Waals surface area (Å²) in [4.78, 5) is 17.0. The van der Waals surface area contributed by atoms with Gasteiger partial charge < -0.3 is 14.8 Å². The molecule has 3 aromatic carbocycles. The van der Waals surface area contributed by atoms with Crippen LogP contribution in [-0.4, -0.2) is 18.2 Å². The van der Waals surface area contributed by atoms with E-state index >= 15 is 0 Å². The van der Waals surface area contributed by atoms with Crippen molar-refractivity contribution in [2.75, 3.05) is 7.11 Å². The van der Waals surface area contributed by atoms with Crippen LogP contribution < -0.4 is 14.8 Å². The van der Waals surface area contributed by atoms with Gasteiger partial charge in [-0.1, -0.05) is 41.9 Å². The summed E-state index contributed by atoms with van der Waals surface area (Å²) < 4.78 is 25.1. The van der Waals surface area contributed by atoms with Crippen LogP contribution in [0.2, 0.25) is 5.02 Å². The lowest BCUT2D eigenvalue weighted by Crippen LogP contribution is -2.19. The van der Waals surface area contributed by atoms with Gasteiger partial charge in [-0.2, -0.15) is 0 Å². The largest absolute Gasteiger partial charge is 0.493 e. The van der Waals surface area contributed by atoms with Crippen molar-refractivity contribution < 1.29 is 18.7 Å². The topological polar surface area (TPSA) is 59.9 Å². The summed E-state index contributed by atoms with van der Waals surface area (Å²) in [6, 6.07) is 18.9. The molecule has 0 unspecified atom stereocenters. The van der Waals surface area contributed by atoms with E-state index in [-0.39, 0.29) is 11.6 Å². The number of thioether (sulfide) groups is 1. The van der Waals surface area contributed by atoms with Gasteiger partial charge in [0.2, 0.25) is 0 Å². The lowest BCUT2D eigenvalue weighted by atomic mass is 10.2. The van der Waals surface area contributed by atoms with E-state index in [4.69, 9.17) is 21.1 Å². The molecule has 1 aliphatic heterocycles. The molecular formula is C24H18ClFN2O3S. The van der Waals surface area contributed by atoms with Crippen LogP contribution in [0.1, 0.15) is 11.1 Å². The molecule has 0 bridgehead atoms. The highest BCUT2D eigenvalue weighted by Gasteiger charge is 2.24. The monoisotopic (exact) mass is 468 g/mol. The molecule has 162 valence electrons. The van der Waals surface area contributed by atoms with E-state index < -0.39 is 5.82 Å². The molecule has 0 aliphatic carbocycles. The van der Waals surface area contributed by atoms with Crippen molar-refractivity contribution in [3.05, 3.63) is 93.6 Å². The van der Waals surface area contributed by atoms with Gasteiger partial charge >= 0.3 is 0 Å². The van der Waals surface area contributed by atoms with Gasteiger partial charge in [0.1, 0.15) is 18.1 Å². The van der Waals surface area contributed by atoms with Crippen LogP contribution >= 0.6 is 23.4 Å². The SMILES string of the molecule is COc1cc(C=C2SC(=Nc3ccccc3F)NC2=O)ccc1OCc1ccc(Cl)cc1. The fourth-order valence-electron chi connectivity index (χ4n) is 2.92. The second kappa shape index (κ2) is 9.89. The van der Waals surface area contributed by atoms with Crippen LogP contribution in [-0.2, 0) is 11.4 Å². The molecule has 5 nitrogen and oxygen atoms in total. The molecule has 32 heavy (non-hydrogen) atoms. The fourth-order valence-corrected chi connectivity index (χ4v) is 3.88. The Morgan fingerprint density at radius 1 is 1.09 bits per heavy atom. The molecule has 1 fully saturated rings. The minimum atomic E-state index is -0.453. The number of para-hydroxylation sites is 1. The van der Waals surface area contributed by atoms with Gasteiger partial charge in [0.05, 0.1) is 12.0 Å². The molecule has 1 saturated heterocycles. The number of ether oxygens (including phenoxy) is 2. The number of halogens is 2. The molecule has 1 N–H and O–H groups in total. The molecule has 1 amide bonds. The van der Waals surface area contributed by atoms with Crippen molar-refractivity contribution >= 4 is 46.2 Å². The fraction of sp³-hybridized carbons (Fsp3) is 0.0833. The van der Waals surface area contributed by atoms with Crippen molar-refractivity contribution in [1.29, 1.82) is 0 Å². The number of aliphatic imine (C=N–C) groups is 1. The lowest BCUT2D eigenvalue weighted by molar-refractivity contribution is -0.115. The van der Waals surface area contributed by atoms with E-state index in [2.05, 4.69) is 10.3 Å². The van der Waals surface area contributed by atoms with Crippen LogP contribution in [0.5, 0.6) is 11.5 Å². The van der Waals surface area contributed by atoms with Gasteiger partial charge in [-0.05, 0) is 65.4 Å². The number of amides is 1. The minimum absolute atomic E-state index is 0.167. The number of carbonyl (C=O) groups excluding carboxylic acids is 1. The van der Waals surface area contributed by atoms with E-state index in [9.17, 15) is 9.18 Å². The highest BCUT2D eigenvalue weighted by atomic mass is 35.5. The number of methoxy groups -OCH3 is 1. The number of amidine groups is 1. The van der Waals surface area contributed by atoms with Gasteiger partial charge in [-0.3, -0.25) is 4.79 Å². The zero-order chi connectivity index (χ0) is 22.5. The molecule has 3 aromatic rings. The predicted molar refractivity (Wildman–Crippen MR) is 126 cm³/mol. The molecule has 1 aliphatic rings. The Morgan fingerprint density at radius 2 is 1.88 bits per heavy atom. The van der Waals surface area contributed by atoms with Gasteiger partial charge in [0, 0.05) is 5.02 Å². The number of nitrogens with one attached hydrogen (secondary N) is 1. The van der Waals surface area contributed by atoms with Gasteiger partial charge in [0.25, 0.3) is 5.91 Å². The van der Waals surface area contributed by atoms with Gasteiger partial charge in [0.15, 0.2) is 16.7 Å². The summed E-state index contributed by atoms with van der Waals surface area (Å²) in [5.41, 5.74) is 1.90. The molecule has 0 radical (unpaired) electrons. The van der Waals surface area contributed by atoms with E-state index in [0.29, 0.717) is 33.2 Å². The Balaban J connectivity index is 1.49. The van der Waals surface area contributed by atoms with Crippen molar-refractivity contribution in [2.24, 2.45) is 4.99 Å². The third kappa shape index (κ3) is 5.30. The maximum absolute atomic E-state index is 13.8. The summed E-state index contributed by atoms with van der Waals surface area (Å²) >= 11 is 7.05. The Labute approximate surface area is 193 Å². The predicted octanol–water partition coefficient (Wildman–Crippen LogP) is 5.96. The summed E-state index contributed by atoms with van der Waals surface area (Å²) in [6.45, 7) is 0.363. The Kier molecular flexibility index (Phi) is 6.78. The first-order chi connectivity index (χ1) is 15.5. The second-order valence-electron chi connectivity index (χ2n) is 6.76. The zero-order valence-corrected chi connectivity index (χ0v) is 18.5. The minimum Gasteiger partial charge on any atom is -0.493 e. The first-order valence-electron chi connectivity index (χ1n) is 9.61. The normalized spacial score (nSPS) is 15.8. The van der Waals surface area contributed by atoms with Gasteiger partial charge in [-0.15, -0.1) is 0 Å². The van der Waals surface area contributed by atoms with Crippen molar-refractivity contribution in [3.8, 4) is 11.5 Å². The van der Waals surface area contributed by atoms with Crippen LogP contribution in [0.15, 0.2) is 76.6 Å². The average Bonchev–Trinajstić information content (AvgIpc) is 3.14. The lowest BCUT2D eigenvalue weighted by Gasteiger charge is -2.11. The van der Waals surface area contributed by atoms with Crippen LogP contribution in [0, 0.1) is 5.82 Å². The summed E-state index contributed by atoms with van der Waals surface area (Å²) in [6.07, 6.45) is 1.72. The van der Waals surface area contributed by atoms with E-state index in [0.717, 1.165) is 22.9 Å². The Morgan fingerprint density at radius 3 is 2.62 bits per heavy atom. The molecule has 0 aromatic heterocycles. The summed E-state index contributed by atoms with van der Waals surface area (Å²) in [7, 11) is 1.55. The summed E-state index contributed by atoms with van der Waals surface area (Å²) in [5.74, 6) is 0.366. The second-order valence-corrected chi connectivity index (χ2v) is 8.23. The van der Waals surface area contributed by atoms with E-state index in [1.54, 1.807) is 55.7 Å². The molecule has 0 atom stereocenters. The molecule has 0 saturated carbocycles. The Hall–Kier alpha value is -3.29. The number of rotatable bonds is 6. The Bertz CT molecular complexity index is 1210. The zero-order valence-electron chi connectivity index (χ0n) is 17.0. The maximum atomic E-state index is 13.8. The smallest absolute Gasteiger partial charge is 0.264 e. The van der Waals surface area contributed by atoms with Crippen molar-refractivity contribution in [3.63, 3.8) is 0 Å². The number of hydrogen-bond acceptors (Lipinski definition) is 5. The number of nitrogens with zero attached hydrogens (tertiary/aromatic N) is 1. The van der Waals surface area contributed by atoms with Crippen LogP contribution in [0.3, 0.4) is 0 Å².